The van der Waals surface area contributed by atoms with Gasteiger partial charge >= 0.3 is 0 Å². The second-order valence-electron chi connectivity index (χ2n) is 5.81. The zero-order chi connectivity index (χ0) is 18.8. The molecule has 7 heteroatoms. The maximum absolute atomic E-state index is 5.93. The minimum absolute atomic E-state index is 0.334. The Kier molecular flexibility index (Phi) is 4.33. The summed E-state index contributed by atoms with van der Waals surface area (Å²) in [5.74, 6) is 2.53. The number of aromatic nitrogens is 3. The molecule has 0 aliphatic rings. The normalized spacial score (nSPS) is 10.8. The molecule has 0 aliphatic carbocycles. The van der Waals surface area contributed by atoms with Gasteiger partial charge in [0, 0.05) is 11.6 Å². The second-order valence-corrected chi connectivity index (χ2v) is 5.81. The van der Waals surface area contributed by atoms with Gasteiger partial charge in [-0.1, -0.05) is 35.5 Å². The monoisotopic (exact) mass is 363 g/mol. The minimum atomic E-state index is 0.334. The average molecular weight is 363 g/mol. The number of hydrogen-bond acceptors (Lipinski definition) is 7. The van der Waals surface area contributed by atoms with Crippen LogP contribution in [-0.4, -0.2) is 29.6 Å². The summed E-state index contributed by atoms with van der Waals surface area (Å²) in [5.41, 5.74) is 2.91. The molecule has 2 heterocycles. The van der Waals surface area contributed by atoms with Gasteiger partial charge in [0.15, 0.2) is 0 Å². The third-order valence-electron chi connectivity index (χ3n) is 4.19. The van der Waals surface area contributed by atoms with Gasteiger partial charge in [0.05, 0.1) is 19.8 Å². The molecule has 136 valence electrons. The van der Waals surface area contributed by atoms with Crippen LogP contribution in [0.5, 0.6) is 11.5 Å². The molecular formula is C20H17N3O4. The molecule has 27 heavy (non-hydrogen) atoms. The fraction of sp³-hybridized carbons (Fsp3) is 0.150. The van der Waals surface area contributed by atoms with E-state index >= 15 is 0 Å². The molecule has 0 N–H and O–H groups in total. The Balaban J connectivity index is 1.78. The lowest BCUT2D eigenvalue weighted by atomic mass is 10.1. The first kappa shape index (κ1) is 16.8. The van der Waals surface area contributed by atoms with E-state index in [0.29, 0.717) is 45.9 Å². The number of methoxy groups -OCH3 is 2. The standard InChI is InChI=1S/C20H17N3O4/c1-12-17(18(23-27-12)13-7-5-4-6-8-13)20-22-21-19(26-20)15-10-9-14(24-2)11-16(15)25-3/h4-11H,1-3H3. The van der Waals surface area contributed by atoms with Crippen molar-refractivity contribution in [1.82, 2.24) is 15.4 Å². The molecule has 0 radical (unpaired) electrons. The summed E-state index contributed by atoms with van der Waals surface area (Å²) in [7, 11) is 3.17. The summed E-state index contributed by atoms with van der Waals surface area (Å²) in [6.07, 6.45) is 0. The van der Waals surface area contributed by atoms with E-state index in [1.807, 2.05) is 49.4 Å². The summed E-state index contributed by atoms with van der Waals surface area (Å²) in [6, 6.07) is 15.1. The first-order valence-corrected chi connectivity index (χ1v) is 8.29. The Hall–Kier alpha value is -3.61. The van der Waals surface area contributed by atoms with Crippen LogP contribution < -0.4 is 9.47 Å². The van der Waals surface area contributed by atoms with E-state index in [1.54, 1.807) is 20.3 Å². The number of hydrogen-bond donors (Lipinski definition) is 0. The molecule has 0 aliphatic heterocycles. The molecule has 0 fully saturated rings. The molecule has 0 saturated heterocycles. The van der Waals surface area contributed by atoms with Crippen molar-refractivity contribution in [3.63, 3.8) is 0 Å². The molecule has 4 aromatic rings. The Labute approximate surface area is 155 Å². The van der Waals surface area contributed by atoms with E-state index in [0.717, 1.165) is 5.56 Å². The van der Waals surface area contributed by atoms with Gasteiger partial charge < -0.3 is 18.4 Å². The third kappa shape index (κ3) is 3.03. The molecule has 4 rings (SSSR count). The Morgan fingerprint density at radius 1 is 0.889 bits per heavy atom. The molecule has 0 spiro atoms. The van der Waals surface area contributed by atoms with Gasteiger partial charge in [-0.2, -0.15) is 0 Å². The Morgan fingerprint density at radius 3 is 2.41 bits per heavy atom. The number of aryl methyl sites for hydroxylation is 1. The molecule has 0 saturated carbocycles. The zero-order valence-electron chi connectivity index (χ0n) is 15.1. The predicted octanol–water partition coefficient (Wildman–Crippen LogP) is 4.38. The summed E-state index contributed by atoms with van der Waals surface area (Å²) in [4.78, 5) is 0. The lowest BCUT2D eigenvalue weighted by Crippen LogP contribution is -1.90. The molecule has 0 unspecified atom stereocenters. The lowest BCUT2D eigenvalue weighted by molar-refractivity contribution is 0.394. The van der Waals surface area contributed by atoms with E-state index < -0.39 is 0 Å². The highest BCUT2D eigenvalue weighted by Gasteiger charge is 2.23. The quantitative estimate of drug-likeness (QED) is 0.520. The average Bonchev–Trinajstić information content (AvgIpc) is 3.34. The van der Waals surface area contributed by atoms with E-state index in [2.05, 4.69) is 15.4 Å². The van der Waals surface area contributed by atoms with Crippen LogP contribution in [0.4, 0.5) is 0 Å². The molecular weight excluding hydrogens is 346 g/mol. The van der Waals surface area contributed by atoms with Crippen molar-refractivity contribution < 1.29 is 18.4 Å². The van der Waals surface area contributed by atoms with Crippen molar-refractivity contribution in [3.05, 3.63) is 54.3 Å². The number of nitrogens with zero attached hydrogens (tertiary/aromatic N) is 3. The Bertz CT molecular complexity index is 1070. The predicted molar refractivity (Wildman–Crippen MR) is 98.5 cm³/mol. The topological polar surface area (TPSA) is 83.4 Å². The van der Waals surface area contributed by atoms with E-state index in [-0.39, 0.29) is 0 Å². The molecule has 0 bridgehead atoms. The smallest absolute Gasteiger partial charge is 0.254 e. The van der Waals surface area contributed by atoms with Crippen molar-refractivity contribution in [2.75, 3.05) is 14.2 Å². The van der Waals surface area contributed by atoms with Gasteiger partial charge in [-0.05, 0) is 19.1 Å². The minimum Gasteiger partial charge on any atom is -0.497 e. The van der Waals surface area contributed by atoms with Crippen LogP contribution in [0.15, 0.2) is 57.5 Å². The molecule has 0 amide bonds. The maximum Gasteiger partial charge on any atom is 0.254 e. The van der Waals surface area contributed by atoms with E-state index in [9.17, 15) is 0 Å². The zero-order valence-corrected chi connectivity index (χ0v) is 15.1. The second kappa shape index (κ2) is 6.95. The molecule has 0 atom stereocenters. The van der Waals surface area contributed by atoms with Crippen molar-refractivity contribution >= 4 is 0 Å². The maximum atomic E-state index is 5.93. The molecule has 2 aromatic heterocycles. The number of benzene rings is 2. The van der Waals surface area contributed by atoms with E-state index in [4.69, 9.17) is 18.4 Å². The van der Waals surface area contributed by atoms with Crippen molar-refractivity contribution in [2.24, 2.45) is 0 Å². The third-order valence-corrected chi connectivity index (χ3v) is 4.19. The number of rotatable bonds is 5. The summed E-state index contributed by atoms with van der Waals surface area (Å²) in [5, 5.41) is 12.5. The largest absolute Gasteiger partial charge is 0.497 e. The van der Waals surface area contributed by atoms with Crippen LogP contribution in [0.3, 0.4) is 0 Å². The fourth-order valence-corrected chi connectivity index (χ4v) is 2.83. The summed E-state index contributed by atoms with van der Waals surface area (Å²) >= 11 is 0. The van der Waals surface area contributed by atoms with Crippen LogP contribution in [0.25, 0.3) is 34.2 Å². The highest BCUT2D eigenvalue weighted by molar-refractivity contribution is 5.78. The highest BCUT2D eigenvalue weighted by Crippen LogP contribution is 2.37. The van der Waals surface area contributed by atoms with Gasteiger partial charge in [0.25, 0.3) is 11.8 Å². The van der Waals surface area contributed by atoms with Gasteiger partial charge in [0.1, 0.15) is 28.5 Å². The van der Waals surface area contributed by atoms with Gasteiger partial charge in [-0.25, -0.2) is 0 Å². The van der Waals surface area contributed by atoms with E-state index in [1.165, 1.54) is 0 Å². The van der Waals surface area contributed by atoms with Crippen LogP contribution in [-0.2, 0) is 0 Å². The SMILES string of the molecule is COc1ccc(-c2nnc(-c3c(-c4ccccc4)noc3C)o2)c(OC)c1. The summed E-state index contributed by atoms with van der Waals surface area (Å²) < 4.78 is 22.0. The summed E-state index contributed by atoms with van der Waals surface area (Å²) in [6.45, 7) is 1.81. The molecule has 2 aromatic carbocycles. The highest BCUT2D eigenvalue weighted by atomic mass is 16.5. The van der Waals surface area contributed by atoms with Gasteiger partial charge in [-0.15, -0.1) is 10.2 Å². The van der Waals surface area contributed by atoms with Crippen LogP contribution >= 0.6 is 0 Å². The van der Waals surface area contributed by atoms with Crippen molar-refractivity contribution in [3.8, 4) is 45.7 Å². The lowest BCUT2D eigenvalue weighted by Gasteiger charge is -2.07. The van der Waals surface area contributed by atoms with Crippen molar-refractivity contribution in [1.29, 1.82) is 0 Å². The molecule has 7 nitrogen and oxygen atoms in total. The van der Waals surface area contributed by atoms with Crippen LogP contribution in [0, 0.1) is 6.92 Å². The van der Waals surface area contributed by atoms with Crippen LogP contribution in [0.1, 0.15) is 5.76 Å². The van der Waals surface area contributed by atoms with Gasteiger partial charge in [0.2, 0.25) is 0 Å². The Morgan fingerprint density at radius 2 is 1.67 bits per heavy atom. The van der Waals surface area contributed by atoms with Crippen LogP contribution in [0.2, 0.25) is 0 Å². The fourth-order valence-electron chi connectivity index (χ4n) is 2.83. The first-order valence-electron chi connectivity index (χ1n) is 8.29. The van der Waals surface area contributed by atoms with Crippen molar-refractivity contribution in [2.45, 2.75) is 6.92 Å². The first-order chi connectivity index (χ1) is 13.2. The van der Waals surface area contributed by atoms with Gasteiger partial charge in [-0.3, -0.25) is 0 Å². The number of ether oxygens (including phenoxy) is 2.